The predicted octanol–water partition coefficient (Wildman–Crippen LogP) is 2.75. The summed E-state index contributed by atoms with van der Waals surface area (Å²) in [5.74, 6) is -2.64. The van der Waals surface area contributed by atoms with Crippen molar-refractivity contribution in [1.29, 1.82) is 0 Å². The van der Waals surface area contributed by atoms with Gasteiger partial charge in [0.05, 0.1) is 22.9 Å². The molecule has 2 aromatic rings. The lowest BCUT2D eigenvalue weighted by Crippen LogP contribution is -2.62. The standard InChI is InChI=1S/C37H55N7O7/c1-11-13-24(28(45)31(47)38-15-12-2)39-30(46)27-26-23(37(26,9)10)19-44(27)33(49)29(36(6,7)8)41-34(50)40-25(35(3,4)5)20-42-17-21-18-43(51)16-14-22(21)32(42)48/h12,14,16-18,23-27,29,48H,2,11,13,15,19-20H2,1,3-10H3,(H,38,47)(H,39,46)(H2,40,41,50)/t23-,24?,25+,26-,27-,29-/m0/s1. The molecule has 2 aliphatic rings. The molecule has 4 rings (SSSR count). The second kappa shape index (κ2) is 14.5. The van der Waals surface area contributed by atoms with Gasteiger partial charge in [-0.25, -0.2) is 4.79 Å². The van der Waals surface area contributed by atoms with E-state index >= 15 is 0 Å². The Hall–Kier alpha value is -4.62. The number of amides is 5. The fourth-order valence-electron chi connectivity index (χ4n) is 7.24. The van der Waals surface area contributed by atoms with Gasteiger partial charge in [0.25, 0.3) is 5.91 Å². The summed E-state index contributed by atoms with van der Waals surface area (Å²) in [5.41, 5.74) is -1.46. The van der Waals surface area contributed by atoms with Crippen LogP contribution in [0, 0.1) is 33.3 Å². The molecule has 14 nitrogen and oxygen atoms in total. The molecule has 1 aliphatic heterocycles. The van der Waals surface area contributed by atoms with E-state index in [1.165, 1.54) is 29.4 Å². The second-order valence-electron chi connectivity index (χ2n) is 16.7. The predicted molar refractivity (Wildman–Crippen MR) is 192 cm³/mol. The Morgan fingerprint density at radius 2 is 1.76 bits per heavy atom. The van der Waals surface area contributed by atoms with Crippen LogP contribution in [0.2, 0.25) is 0 Å². The third-order valence-corrected chi connectivity index (χ3v) is 10.5. The minimum Gasteiger partial charge on any atom is -0.619 e. The molecule has 6 atom stereocenters. The van der Waals surface area contributed by atoms with Crippen molar-refractivity contribution in [2.45, 2.75) is 106 Å². The Labute approximate surface area is 300 Å². The normalized spacial score (nSPS) is 21.2. The summed E-state index contributed by atoms with van der Waals surface area (Å²) in [7, 11) is 0. The number of aromatic nitrogens is 2. The first kappa shape index (κ1) is 39.2. The van der Waals surface area contributed by atoms with Gasteiger partial charge in [-0.05, 0) is 34.5 Å². The molecule has 1 aliphatic carbocycles. The Balaban J connectivity index is 1.54. The first-order chi connectivity index (χ1) is 23.6. The van der Waals surface area contributed by atoms with Crippen LogP contribution < -0.4 is 26.0 Å². The Morgan fingerprint density at radius 3 is 2.35 bits per heavy atom. The number of hydrogen-bond donors (Lipinski definition) is 5. The molecular weight excluding hydrogens is 654 g/mol. The van der Waals surface area contributed by atoms with Crippen molar-refractivity contribution in [1.82, 2.24) is 30.7 Å². The van der Waals surface area contributed by atoms with Gasteiger partial charge in [-0.1, -0.05) is 74.8 Å². The van der Waals surface area contributed by atoms with Crippen molar-refractivity contribution in [2.75, 3.05) is 13.1 Å². The maximum Gasteiger partial charge on any atom is 0.315 e. The van der Waals surface area contributed by atoms with E-state index in [4.69, 9.17) is 0 Å². The van der Waals surface area contributed by atoms with Crippen LogP contribution in [0.5, 0.6) is 5.88 Å². The maximum atomic E-state index is 14.4. The largest absolute Gasteiger partial charge is 0.619 e. The number of nitrogens with one attached hydrogen (secondary N) is 4. The summed E-state index contributed by atoms with van der Waals surface area (Å²) in [4.78, 5) is 69.2. The number of hydrogen-bond acceptors (Lipinski definition) is 7. The average molecular weight is 710 g/mol. The quantitative estimate of drug-likeness (QED) is 0.0915. The molecule has 5 N–H and O–H groups in total. The highest BCUT2D eigenvalue weighted by Gasteiger charge is 2.70. The van der Waals surface area contributed by atoms with Crippen LogP contribution in [0.1, 0.15) is 75.2 Å². The molecule has 5 amide bonds. The number of nitrogens with zero attached hydrogens (tertiary/aromatic N) is 3. The summed E-state index contributed by atoms with van der Waals surface area (Å²) >= 11 is 0. The van der Waals surface area contributed by atoms with Crippen molar-refractivity contribution in [3.63, 3.8) is 0 Å². The smallest absolute Gasteiger partial charge is 0.315 e. The highest BCUT2D eigenvalue weighted by molar-refractivity contribution is 6.38. The molecule has 1 unspecified atom stereocenters. The van der Waals surface area contributed by atoms with E-state index in [2.05, 4.69) is 27.8 Å². The van der Waals surface area contributed by atoms with Gasteiger partial charge in [0.1, 0.15) is 12.1 Å². The number of rotatable bonds is 13. The van der Waals surface area contributed by atoms with E-state index in [1.54, 1.807) is 10.8 Å². The fourth-order valence-corrected chi connectivity index (χ4v) is 7.24. The van der Waals surface area contributed by atoms with Crippen LogP contribution in [0.4, 0.5) is 4.79 Å². The Kier molecular flexibility index (Phi) is 11.2. The third-order valence-electron chi connectivity index (χ3n) is 10.5. The molecule has 280 valence electrons. The maximum absolute atomic E-state index is 14.4. The molecule has 51 heavy (non-hydrogen) atoms. The van der Waals surface area contributed by atoms with Crippen molar-refractivity contribution < 1.29 is 33.8 Å². The molecule has 0 spiro atoms. The summed E-state index contributed by atoms with van der Waals surface area (Å²) in [5, 5.41) is 34.9. The van der Waals surface area contributed by atoms with Crippen molar-refractivity contribution in [2.24, 2.45) is 28.1 Å². The zero-order valence-electron chi connectivity index (χ0n) is 31.3. The molecule has 2 fully saturated rings. The number of fused-ring (bicyclic) bond motifs is 2. The van der Waals surface area contributed by atoms with Crippen LogP contribution in [-0.2, 0) is 25.7 Å². The first-order valence-corrected chi connectivity index (χ1v) is 17.6. The van der Waals surface area contributed by atoms with E-state index < -0.39 is 64.5 Å². The minimum atomic E-state index is -1.06. The van der Waals surface area contributed by atoms with E-state index in [1.807, 2.05) is 62.3 Å². The number of piperidine rings is 1. The SMILES string of the molecule is C=CCNC(=O)C(=O)C(CCC)NC(=O)[C@@H]1[C@@H]2[C@H](CN1C(=O)[C@H](NC(=O)N[C@H](Cn1cc3c[n+]([O-])ccc3c1O)C(C)(C)C)C(C)(C)C)C2(C)C. The molecule has 0 aromatic carbocycles. The van der Waals surface area contributed by atoms with Gasteiger partial charge in [-0.15, -0.1) is 6.58 Å². The fraction of sp³-hybridized carbons (Fsp3) is 0.622. The number of urea groups is 1. The molecule has 0 radical (unpaired) electrons. The molecule has 0 bridgehead atoms. The molecular formula is C37H55N7O7. The number of carbonyl (C=O) groups is 5. The van der Waals surface area contributed by atoms with Crippen molar-refractivity contribution >= 4 is 40.3 Å². The lowest BCUT2D eigenvalue weighted by Gasteiger charge is -2.38. The van der Waals surface area contributed by atoms with Crippen molar-refractivity contribution in [3.8, 4) is 5.88 Å². The summed E-state index contributed by atoms with van der Waals surface area (Å²) in [6, 6.07) is -2.56. The van der Waals surface area contributed by atoms with Gasteiger partial charge in [-0.2, -0.15) is 4.73 Å². The molecule has 1 saturated heterocycles. The molecule has 1 saturated carbocycles. The average Bonchev–Trinajstić information content (AvgIpc) is 3.31. The molecule has 2 aromatic heterocycles. The third kappa shape index (κ3) is 8.31. The van der Waals surface area contributed by atoms with Crippen molar-refractivity contribution in [3.05, 3.63) is 42.5 Å². The lowest BCUT2D eigenvalue weighted by atomic mass is 9.85. The zero-order chi connectivity index (χ0) is 38.2. The van der Waals surface area contributed by atoms with Gasteiger partial charge in [0.2, 0.25) is 17.6 Å². The van der Waals surface area contributed by atoms with Gasteiger partial charge < -0.3 is 41.0 Å². The summed E-state index contributed by atoms with van der Waals surface area (Å²) in [6.07, 6.45) is 6.56. The zero-order valence-corrected chi connectivity index (χ0v) is 31.3. The summed E-state index contributed by atoms with van der Waals surface area (Å²) < 4.78 is 2.23. The van der Waals surface area contributed by atoms with Gasteiger partial charge >= 0.3 is 6.03 Å². The first-order valence-electron chi connectivity index (χ1n) is 17.6. The van der Waals surface area contributed by atoms with E-state index in [0.717, 1.165) is 0 Å². The van der Waals surface area contributed by atoms with Gasteiger partial charge in [0, 0.05) is 31.9 Å². The summed E-state index contributed by atoms with van der Waals surface area (Å²) in [6.45, 7) is 21.4. The topological polar surface area (TPSA) is 189 Å². The van der Waals surface area contributed by atoms with E-state index in [9.17, 15) is 34.3 Å². The number of aromatic hydroxyl groups is 1. The Bertz CT molecular complexity index is 1690. The number of pyridine rings is 1. The lowest BCUT2D eigenvalue weighted by molar-refractivity contribution is -0.603. The van der Waals surface area contributed by atoms with Gasteiger partial charge in [-0.3, -0.25) is 19.2 Å². The van der Waals surface area contributed by atoms with Crippen LogP contribution >= 0.6 is 0 Å². The van der Waals surface area contributed by atoms with E-state index in [0.29, 0.717) is 28.5 Å². The van der Waals surface area contributed by atoms with Crippen LogP contribution in [0.3, 0.4) is 0 Å². The highest BCUT2D eigenvalue weighted by atomic mass is 16.5. The molecule has 3 heterocycles. The number of Topliss-reactive ketones (excluding diaryl/α,β-unsaturated/α-hetero) is 1. The Morgan fingerprint density at radius 1 is 1.10 bits per heavy atom. The van der Waals surface area contributed by atoms with E-state index in [-0.39, 0.29) is 42.6 Å². The number of ketones is 1. The minimum absolute atomic E-state index is 0.0371. The highest BCUT2D eigenvalue weighted by Crippen LogP contribution is 2.65. The number of likely N-dealkylation sites (tertiary alicyclic amines) is 1. The van der Waals surface area contributed by atoms with Crippen LogP contribution in [0.15, 0.2) is 37.3 Å². The van der Waals surface area contributed by atoms with Crippen LogP contribution in [0.25, 0.3) is 10.8 Å². The van der Waals surface area contributed by atoms with Crippen LogP contribution in [-0.4, -0.2) is 81.4 Å². The second-order valence-corrected chi connectivity index (χ2v) is 16.7. The number of carbonyl (C=O) groups excluding carboxylic acids is 5. The molecule has 14 heteroatoms. The van der Waals surface area contributed by atoms with Gasteiger partial charge in [0.15, 0.2) is 18.3 Å². The monoisotopic (exact) mass is 709 g/mol.